The number of carboxylic acid groups (broad SMARTS) is 1. The summed E-state index contributed by atoms with van der Waals surface area (Å²) in [6, 6.07) is 0. The highest BCUT2D eigenvalue weighted by Crippen LogP contribution is 2.77. The van der Waals surface area contributed by atoms with Crippen LogP contribution in [0.4, 0.5) is 0 Å². The van der Waals surface area contributed by atoms with Gasteiger partial charge in [-0.2, -0.15) is 0 Å². The molecule has 278 valence electrons. The number of hydrogen-bond acceptors (Lipinski definition) is 8. The number of Topliss-reactive ketones (excluding diaryl/α,β-unsaturated/α-hetero) is 1. The van der Waals surface area contributed by atoms with Crippen LogP contribution in [0, 0.1) is 56.2 Å². The van der Waals surface area contributed by atoms with E-state index in [1.165, 1.54) is 5.57 Å². The minimum Gasteiger partial charge on any atom is -0.481 e. The van der Waals surface area contributed by atoms with Crippen LogP contribution in [0.15, 0.2) is 22.7 Å². The third-order valence-electron chi connectivity index (χ3n) is 15.6. The smallest absolute Gasteiger partial charge is 0.309 e. The number of fused-ring (bicyclic) bond motifs is 7. The van der Waals surface area contributed by atoms with Gasteiger partial charge in [0.1, 0.15) is 11.1 Å². The highest BCUT2D eigenvalue weighted by Gasteiger charge is 2.70. The maximum absolute atomic E-state index is 14.0. The molecule has 1 aromatic rings. The van der Waals surface area contributed by atoms with Crippen LogP contribution in [0.2, 0.25) is 0 Å². The fourth-order valence-corrected chi connectivity index (χ4v) is 13.3. The van der Waals surface area contributed by atoms with Crippen molar-refractivity contribution < 1.29 is 29.3 Å². The number of carbonyl (C=O) groups excluding carboxylic acids is 2. The maximum atomic E-state index is 14.0. The standard InChI is InChI=1S/C41H62N2O6S/c1-24(2)33-26(44)20-41(29(45)22-42-23-31-43-18-19-50-31)17-16-39(8)25(34(33)41)10-11-28-38(7)14-13-30(49-32(46)21-36(3,4)35(47)48)37(5,6)27(38)12-15-40(28,39)9/h18-19,24-25,27-30,42,45H,10-17,20-23H2,1-9H3,(H,47,48)/t25-,27?,28-,29+,30+,38+,39-,40-,41+/m1/s1. The molecular weight excluding hydrogens is 649 g/mol. The average Bonchev–Trinajstić information content (AvgIpc) is 3.64. The first-order chi connectivity index (χ1) is 23.2. The largest absolute Gasteiger partial charge is 0.481 e. The number of aliphatic hydroxyl groups excluding tert-OH is 1. The molecule has 3 N–H and O–H groups in total. The fraction of sp³-hybridized carbons (Fsp3) is 0.805. The van der Waals surface area contributed by atoms with Gasteiger partial charge >= 0.3 is 11.9 Å². The van der Waals surface area contributed by atoms with Gasteiger partial charge in [0.15, 0.2) is 5.78 Å². The Balaban J connectivity index is 1.27. The van der Waals surface area contributed by atoms with Gasteiger partial charge in [0.05, 0.1) is 17.9 Å². The number of ketones is 1. The first kappa shape index (κ1) is 37.7. The number of carboxylic acids is 1. The Morgan fingerprint density at radius 1 is 1.02 bits per heavy atom. The van der Waals surface area contributed by atoms with Gasteiger partial charge < -0.3 is 20.3 Å². The third kappa shape index (κ3) is 5.66. The Bertz CT molecular complexity index is 1530. The lowest BCUT2D eigenvalue weighted by molar-refractivity contribution is -0.235. The molecule has 0 spiro atoms. The summed E-state index contributed by atoms with van der Waals surface area (Å²) in [7, 11) is 0. The Labute approximate surface area is 303 Å². The maximum Gasteiger partial charge on any atom is 0.309 e. The van der Waals surface area contributed by atoms with Crippen LogP contribution in [0.3, 0.4) is 0 Å². The minimum absolute atomic E-state index is 0.00258. The number of ether oxygens (including phenoxy) is 1. The van der Waals surface area contributed by atoms with Crippen molar-refractivity contribution >= 4 is 29.1 Å². The molecule has 4 fully saturated rings. The van der Waals surface area contributed by atoms with Crippen molar-refractivity contribution in [3.63, 3.8) is 0 Å². The normalized spacial score (nSPS) is 38.6. The first-order valence-electron chi connectivity index (χ1n) is 19.2. The third-order valence-corrected chi connectivity index (χ3v) is 16.4. The molecule has 50 heavy (non-hydrogen) atoms. The van der Waals surface area contributed by atoms with E-state index in [0.717, 1.165) is 61.9 Å². The molecule has 6 rings (SSSR count). The predicted molar refractivity (Wildman–Crippen MR) is 195 cm³/mol. The Morgan fingerprint density at radius 3 is 2.38 bits per heavy atom. The van der Waals surface area contributed by atoms with Crippen LogP contribution in [-0.4, -0.2) is 51.7 Å². The van der Waals surface area contributed by atoms with Gasteiger partial charge in [0.2, 0.25) is 0 Å². The number of aromatic nitrogens is 1. The Morgan fingerprint density at radius 2 is 1.74 bits per heavy atom. The number of aliphatic carboxylic acids is 1. The lowest BCUT2D eigenvalue weighted by atomic mass is 9.33. The molecule has 5 aliphatic rings. The molecule has 5 aliphatic carbocycles. The molecule has 0 bridgehead atoms. The number of nitrogens with zero attached hydrogens (tertiary/aromatic N) is 1. The molecule has 0 radical (unpaired) electrons. The number of esters is 1. The molecule has 8 nitrogen and oxygen atoms in total. The van der Waals surface area contributed by atoms with Gasteiger partial charge in [0, 0.05) is 41.9 Å². The molecule has 9 atom stereocenters. The van der Waals surface area contributed by atoms with Crippen molar-refractivity contribution in [1.82, 2.24) is 10.3 Å². The van der Waals surface area contributed by atoms with Crippen molar-refractivity contribution in [2.45, 2.75) is 145 Å². The quantitative estimate of drug-likeness (QED) is 0.209. The van der Waals surface area contributed by atoms with E-state index in [1.54, 1.807) is 25.2 Å². The molecule has 1 unspecified atom stereocenters. The van der Waals surface area contributed by atoms with E-state index in [9.17, 15) is 24.6 Å². The Hall–Kier alpha value is -2.10. The van der Waals surface area contributed by atoms with Crippen LogP contribution >= 0.6 is 11.3 Å². The van der Waals surface area contributed by atoms with E-state index in [-0.39, 0.29) is 51.8 Å². The molecule has 0 amide bonds. The zero-order chi connectivity index (χ0) is 36.7. The highest BCUT2D eigenvalue weighted by molar-refractivity contribution is 7.09. The number of nitrogens with one attached hydrogen (secondary N) is 1. The Kier molecular flexibility index (Phi) is 9.63. The summed E-state index contributed by atoms with van der Waals surface area (Å²) in [5.41, 5.74) is 0.509. The second-order valence-electron chi connectivity index (χ2n) is 19.1. The molecule has 0 aliphatic heterocycles. The lowest BCUT2D eigenvalue weighted by Gasteiger charge is -2.72. The summed E-state index contributed by atoms with van der Waals surface area (Å²) in [6.45, 7) is 20.7. The van der Waals surface area contributed by atoms with Gasteiger partial charge in [-0.05, 0) is 111 Å². The average molecular weight is 711 g/mol. The summed E-state index contributed by atoms with van der Waals surface area (Å²) >= 11 is 1.61. The number of aliphatic hydroxyl groups is 1. The molecule has 9 heteroatoms. The molecule has 1 aromatic heterocycles. The summed E-state index contributed by atoms with van der Waals surface area (Å²) < 4.78 is 6.16. The van der Waals surface area contributed by atoms with E-state index < -0.39 is 28.9 Å². The number of allylic oxidation sites excluding steroid dienone is 1. The molecule has 0 saturated heterocycles. The number of rotatable bonds is 10. The van der Waals surface area contributed by atoms with E-state index in [4.69, 9.17) is 4.74 Å². The summed E-state index contributed by atoms with van der Waals surface area (Å²) in [4.78, 5) is 43.1. The van der Waals surface area contributed by atoms with Crippen LogP contribution in [0.25, 0.3) is 0 Å². The zero-order valence-electron chi connectivity index (χ0n) is 32.0. The second kappa shape index (κ2) is 12.8. The van der Waals surface area contributed by atoms with Crippen molar-refractivity contribution in [2.75, 3.05) is 6.54 Å². The monoisotopic (exact) mass is 710 g/mol. The van der Waals surface area contributed by atoms with E-state index in [2.05, 4.69) is 58.8 Å². The van der Waals surface area contributed by atoms with Gasteiger partial charge in [-0.15, -0.1) is 11.3 Å². The topological polar surface area (TPSA) is 126 Å². The van der Waals surface area contributed by atoms with Crippen molar-refractivity contribution in [2.24, 2.45) is 56.2 Å². The molecule has 0 aromatic carbocycles. The van der Waals surface area contributed by atoms with Gasteiger partial charge in [-0.25, -0.2) is 4.98 Å². The first-order valence-corrected chi connectivity index (χ1v) is 20.1. The van der Waals surface area contributed by atoms with Gasteiger partial charge in [-0.1, -0.05) is 54.0 Å². The van der Waals surface area contributed by atoms with Crippen molar-refractivity contribution in [3.05, 3.63) is 27.7 Å². The van der Waals surface area contributed by atoms with E-state index >= 15 is 0 Å². The summed E-state index contributed by atoms with van der Waals surface area (Å²) in [5.74, 6) is 0.0843. The number of thiazole rings is 1. The highest BCUT2D eigenvalue weighted by atomic mass is 32.1. The van der Waals surface area contributed by atoms with Crippen LogP contribution in [0.5, 0.6) is 0 Å². The number of carbonyl (C=O) groups is 3. The summed E-state index contributed by atoms with van der Waals surface area (Å²) in [5, 5.41) is 28.1. The number of hydrogen-bond donors (Lipinski definition) is 3. The zero-order valence-corrected chi connectivity index (χ0v) is 32.8. The van der Waals surface area contributed by atoms with E-state index in [0.29, 0.717) is 31.3 Å². The minimum atomic E-state index is -1.16. The van der Waals surface area contributed by atoms with Crippen LogP contribution < -0.4 is 5.32 Å². The van der Waals surface area contributed by atoms with Gasteiger partial charge in [0.25, 0.3) is 0 Å². The molecular formula is C41H62N2O6S. The van der Waals surface area contributed by atoms with Gasteiger partial charge in [-0.3, -0.25) is 14.4 Å². The fourth-order valence-electron chi connectivity index (χ4n) is 12.8. The van der Waals surface area contributed by atoms with Crippen LogP contribution in [-0.2, 0) is 25.7 Å². The predicted octanol–water partition coefficient (Wildman–Crippen LogP) is 7.99. The van der Waals surface area contributed by atoms with Crippen molar-refractivity contribution in [1.29, 1.82) is 0 Å². The van der Waals surface area contributed by atoms with E-state index in [1.807, 2.05) is 11.6 Å². The SMILES string of the molecule is CC(C)C1=C2[C@H]3CC[C@@H]4[C@@]5(C)CC[C@H](OC(=O)CC(C)(C)C(=O)O)C(C)(C)C5CC[C@@]4(C)[C@]3(C)CC[C@@]2([C@@H](O)CNCc2nccs2)CC1=O. The lowest BCUT2D eigenvalue weighted by Crippen LogP contribution is -2.66. The second-order valence-corrected chi connectivity index (χ2v) is 20.1. The van der Waals surface area contributed by atoms with Crippen LogP contribution in [0.1, 0.15) is 132 Å². The summed E-state index contributed by atoms with van der Waals surface area (Å²) in [6.07, 6.45) is 9.07. The molecule has 4 saturated carbocycles. The molecule has 1 heterocycles. The van der Waals surface area contributed by atoms with Crippen molar-refractivity contribution in [3.8, 4) is 0 Å².